The molecule has 0 radical (unpaired) electrons. The summed E-state index contributed by atoms with van der Waals surface area (Å²) in [6, 6.07) is 0. The molecule has 4 nitrogen and oxygen atoms in total. The molecule has 0 aromatic heterocycles. The lowest BCUT2D eigenvalue weighted by Gasteiger charge is -2.24. The normalized spacial score (nSPS) is 16.2. The molecule has 0 heterocycles. The Morgan fingerprint density at radius 3 is 1.88 bits per heavy atom. The molecule has 0 aliphatic rings. The van der Waals surface area contributed by atoms with Crippen LogP contribution in [0.15, 0.2) is 0 Å². The second-order valence-electron chi connectivity index (χ2n) is 6.38. The van der Waals surface area contributed by atoms with Crippen molar-refractivity contribution >= 4 is 10.0 Å². The third kappa shape index (κ3) is 5.82. The summed E-state index contributed by atoms with van der Waals surface area (Å²) in [6.07, 6.45) is -0.0724. The molecule has 0 bridgehead atoms. The van der Waals surface area contributed by atoms with Crippen molar-refractivity contribution in [2.45, 2.75) is 58.8 Å². The molecular weight excluding hydrogens is 226 g/mol. The first-order valence-corrected chi connectivity index (χ1v) is 7.01. The van der Waals surface area contributed by atoms with E-state index in [2.05, 4.69) is 4.72 Å². The average Bonchev–Trinajstić information content (AvgIpc) is 1.95. The monoisotopic (exact) mass is 251 g/mol. The average molecular weight is 251 g/mol. The number of nitrogens with one attached hydrogen (secondary N) is 1. The van der Waals surface area contributed by atoms with Crippen LogP contribution in [0.2, 0.25) is 0 Å². The highest BCUT2D eigenvalue weighted by molar-refractivity contribution is 7.90. The number of rotatable bonds is 4. The molecule has 0 aromatic carbocycles. The third-order valence-electron chi connectivity index (χ3n) is 2.16. The van der Waals surface area contributed by atoms with E-state index in [-0.39, 0.29) is 12.0 Å². The minimum absolute atomic E-state index is 0.00735. The minimum atomic E-state index is -3.36. The zero-order valence-electron chi connectivity index (χ0n) is 11.2. The van der Waals surface area contributed by atoms with Gasteiger partial charge in [-0.25, -0.2) is 13.1 Å². The van der Waals surface area contributed by atoms with E-state index >= 15 is 0 Å². The highest BCUT2D eigenvalue weighted by Crippen LogP contribution is 2.21. The molecule has 98 valence electrons. The summed E-state index contributed by atoms with van der Waals surface area (Å²) in [7, 11) is -3.36. The fourth-order valence-corrected chi connectivity index (χ4v) is 2.05. The lowest BCUT2D eigenvalue weighted by atomic mass is 9.89. The molecule has 0 aliphatic heterocycles. The van der Waals surface area contributed by atoms with Crippen molar-refractivity contribution < 1.29 is 13.5 Å². The molecule has 5 heteroatoms. The van der Waals surface area contributed by atoms with Crippen molar-refractivity contribution in [3.8, 4) is 0 Å². The number of aliphatic hydroxyl groups excluding tert-OH is 1. The SMILES string of the molecule is CC(C)(C)CC(O)CNS(=O)(=O)C(C)(C)C. The topological polar surface area (TPSA) is 66.4 Å². The van der Waals surface area contributed by atoms with Crippen molar-refractivity contribution in [1.29, 1.82) is 0 Å². The van der Waals surface area contributed by atoms with Gasteiger partial charge in [-0.15, -0.1) is 0 Å². The Kier molecular flexibility index (Phi) is 4.98. The zero-order valence-corrected chi connectivity index (χ0v) is 12.0. The van der Waals surface area contributed by atoms with Crippen molar-refractivity contribution in [3.63, 3.8) is 0 Å². The van der Waals surface area contributed by atoms with Gasteiger partial charge in [-0.2, -0.15) is 0 Å². The first-order valence-electron chi connectivity index (χ1n) is 5.52. The van der Waals surface area contributed by atoms with Gasteiger partial charge >= 0.3 is 0 Å². The molecule has 0 aromatic rings. The molecule has 0 rings (SSSR count). The lowest BCUT2D eigenvalue weighted by Crippen LogP contribution is -2.43. The molecule has 16 heavy (non-hydrogen) atoms. The Morgan fingerprint density at radius 2 is 1.56 bits per heavy atom. The predicted octanol–water partition coefficient (Wildman–Crippen LogP) is 1.50. The fourth-order valence-electron chi connectivity index (χ4n) is 1.20. The van der Waals surface area contributed by atoms with Crippen LogP contribution in [-0.2, 0) is 10.0 Å². The predicted molar refractivity (Wildman–Crippen MR) is 66.8 cm³/mol. The van der Waals surface area contributed by atoms with Gasteiger partial charge in [0, 0.05) is 6.54 Å². The molecule has 1 atom stereocenters. The van der Waals surface area contributed by atoms with Crippen LogP contribution < -0.4 is 4.72 Å². The van der Waals surface area contributed by atoms with Gasteiger partial charge in [-0.3, -0.25) is 0 Å². The van der Waals surface area contributed by atoms with Gasteiger partial charge in [-0.05, 0) is 32.6 Å². The van der Waals surface area contributed by atoms with Crippen LogP contribution in [0, 0.1) is 5.41 Å². The van der Waals surface area contributed by atoms with E-state index in [9.17, 15) is 13.5 Å². The van der Waals surface area contributed by atoms with Crippen molar-refractivity contribution in [2.24, 2.45) is 5.41 Å². The maximum atomic E-state index is 11.7. The Morgan fingerprint density at radius 1 is 1.12 bits per heavy atom. The molecule has 0 saturated carbocycles. The maximum Gasteiger partial charge on any atom is 0.216 e. The Hall–Kier alpha value is -0.130. The molecule has 0 saturated heterocycles. The maximum absolute atomic E-state index is 11.7. The summed E-state index contributed by atoms with van der Waals surface area (Å²) in [5.74, 6) is 0. The summed E-state index contributed by atoms with van der Waals surface area (Å²) in [6.45, 7) is 11.0. The van der Waals surface area contributed by atoms with E-state index in [1.165, 1.54) is 0 Å². The Bertz CT molecular complexity index is 309. The van der Waals surface area contributed by atoms with Gasteiger partial charge < -0.3 is 5.11 Å². The Labute approximate surface area is 99.5 Å². The van der Waals surface area contributed by atoms with Crippen molar-refractivity contribution in [1.82, 2.24) is 4.72 Å². The van der Waals surface area contributed by atoms with Gasteiger partial charge in [0.05, 0.1) is 10.9 Å². The zero-order chi connectivity index (χ0) is 13.2. The molecular formula is C11H25NO3S. The minimum Gasteiger partial charge on any atom is -0.392 e. The van der Waals surface area contributed by atoms with E-state index < -0.39 is 20.9 Å². The number of sulfonamides is 1. The fraction of sp³-hybridized carbons (Fsp3) is 1.00. The van der Waals surface area contributed by atoms with Gasteiger partial charge in [0.15, 0.2) is 0 Å². The van der Waals surface area contributed by atoms with Crippen LogP contribution in [0.3, 0.4) is 0 Å². The molecule has 0 aliphatic carbocycles. The second-order valence-corrected chi connectivity index (χ2v) is 8.90. The number of hydrogen-bond donors (Lipinski definition) is 2. The summed E-state index contributed by atoms with van der Waals surface area (Å²) in [4.78, 5) is 0. The summed E-state index contributed by atoms with van der Waals surface area (Å²) in [5, 5.41) is 9.69. The number of hydrogen-bond acceptors (Lipinski definition) is 3. The van der Waals surface area contributed by atoms with E-state index in [1.807, 2.05) is 20.8 Å². The smallest absolute Gasteiger partial charge is 0.216 e. The quantitative estimate of drug-likeness (QED) is 0.796. The van der Waals surface area contributed by atoms with Crippen LogP contribution in [0.4, 0.5) is 0 Å². The van der Waals surface area contributed by atoms with E-state index in [0.29, 0.717) is 6.42 Å². The molecule has 0 fully saturated rings. The standard InChI is InChI=1S/C11H25NO3S/c1-10(2,3)7-9(13)8-12-16(14,15)11(4,5)6/h9,12-13H,7-8H2,1-6H3. The van der Waals surface area contributed by atoms with Gasteiger partial charge in [0.2, 0.25) is 10.0 Å². The number of aliphatic hydroxyl groups is 1. The first kappa shape index (κ1) is 15.9. The van der Waals surface area contributed by atoms with Crippen LogP contribution in [-0.4, -0.2) is 30.9 Å². The molecule has 1 unspecified atom stereocenters. The summed E-state index contributed by atoms with van der Waals surface area (Å²) >= 11 is 0. The summed E-state index contributed by atoms with van der Waals surface area (Å²) in [5.41, 5.74) is -0.00735. The Balaban J connectivity index is 4.28. The van der Waals surface area contributed by atoms with Crippen LogP contribution >= 0.6 is 0 Å². The van der Waals surface area contributed by atoms with E-state index in [4.69, 9.17) is 0 Å². The largest absolute Gasteiger partial charge is 0.392 e. The van der Waals surface area contributed by atoms with Crippen LogP contribution in [0.1, 0.15) is 48.0 Å². The van der Waals surface area contributed by atoms with Crippen LogP contribution in [0.25, 0.3) is 0 Å². The lowest BCUT2D eigenvalue weighted by molar-refractivity contribution is 0.125. The molecule has 0 amide bonds. The van der Waals surface area contributed by atoms with Gasteiger partial charge in [0.1, 0.15) is 0 Å². The van der Waals surface area contributed by atoms with Crippen molar-refractivity contribution in [2.75, 3.05) is 6.54 Å². The summed E-state index contributed by atoms with van der Waals surface area (Å²) < 4.78 is 25.0. The van der Waals surface area contributed by atoms with E-state index in [1.54, 1.807) is 20.8 Å². The second kappa shape index (κ2) is 5.02. The van der Waals surface area contributed by atoms with Gasteiger partial charge in [0.25, 0.3) is 0 Å². The van der Waals surface area contributed by atoms with Crippen molar-refractivity contribution in [3.05, 3.63) is 0 Å². The molecule has 2 N–H and O–H groups in total. The molecule has 0 spiro atoms. The highest BCUT2D eigenvalue weighted by atomic mass is 32.2. The van der Waals surface area contributed by atoms with E-state index in [0.717, 1.165) is 0 Å². The highest BCUT2D eigenvalue weighted by Gasteiger charge is 2.29. The van der Waals surface area contributed by atoms with Gasteiger partial charge in [-0.1, -0.05) is 20.8 Å². The first-order chi connectivity index (χ1) is 6.85. The third-order valence-corrected chi connectivity index (χ3v) is 4.32. The van der Waals surface area contributed by atoms with Crippen LogP contribution in [0.5, 0.6) is 0 Å².